The van der Waals surface area contributed by atoms with Crippen LogP contribution in [-0.2, 0) is 16.6 Å². The predicted octanol–water partition coefficient (Wildman–Crippen LogP) is 4.47. The maximum absolute atomic E-state index is 12.1. The molecule has 8 heteroatoms. The summed E-state index contributed by atoms with van der Waals surface area (Å²) in [5, 5.41) is 6.37. The number of sulfonamides is 1. The quantitative estimate of drug-likeness (QED) is 0.481. The molecule has 31 heavy (non-hydrogen) atoms. The molecule has 0 amide bonds. The Labute approximate surface area is 183 Å². The third-order valence-electron chi connectivity index (χ3n) is 5.08. The van der Waals surface area contributed by atoms with Crippen LogP contribution in [0.25, 0.3) is 0 Å². The fourth-order valence-corrected chi connectivity index (χ4v) is 4.74. The number of hydrogen-bond acceptors (Lipinski definition) is 6. The maximum atomic E-state index is 12.1. The summed E-state index contributed by atoms with van der Waals surface area (Å²) in [5.41, 5.74) is 5.91. The summed E-state index contributed by atoms with van der Waals surface area (Å²) in [6, 6.07) is 13.9. The van der Waals surface area contributed by atoms with E-state index in [9.17, 15) is 8.42 Å². The molecule has 0 aliphatic heterocycles. The van der Waals surface area contributed by atoms with E-state index in [0.717, 1.165) is 35.3 Å². The average Bonchev–Trinajstić information content (AvgIpc) is 3.55. The molecule has 162 valence electrons. The fourth-order valence-electron chi connectivity index (χ4n) is 3.38. The summed E-state index contributed by atoms with van der Waals surface area (Å²) in [7, 11) is -3.20. The molecule has 0 atom stereocenters. The molecule has 2 aromatic carbocycles. The van der Waals surface area contributed by atoms with Gasteiger partial charge in [-0.05, 0) is 74.6 Å². The first kappa shape index (κ1) is 21.3. The average molecular weight is 438 g/mol. The molecule has 7 nitrogen and oxygen atoms in total. The highest BCUT2D eigenvalue weighted by atomic mass is 32.2. The molecule has 1 heterocycles. The van der Waals surface area contributed by atoms with Crippen molar-refractivity contribution in [2.24, 2.45) is 0 Å². The van der Waals surface area contributed by atoms with Crippen LogP contribution in [0.5, 0.6) is 0 Å². The van der Waals surface area contributed by atoms with Crippen molar-refractivity contribution in [3.8, 4) is 0 Å². The van der Waals surface area contributed by atoms with Gasteiger partial charge < -0.3 is 10.6 Å². The topological polar surface area (TPSA) is 96.0 Å². The second-order valence-electron chi connectivity index (χ2n) is 8.12. The van der Waals surface area contributed by atoms with Crippen LogP contribution in [0.3, 0.4) is 0 Å². The normalized spacial score (nSPS) is 13.8. The van der Waals surface area contributed by atoms with Crippen LogP contribution in [0.15, 0.2) is 48.7 Å². The summed E-state index contributed by atoms with van der Waals surface area (Å²) in [4.78, 5) is 9.02. The monoisotopic (exact) mass is 437 g/mol. The molecular formula is C23H27N5O2S. The molecular weight excluding hydrogens is 410 g/mol. The van der Waals surface area contributed by atoms with Crippen molar-refractivity contribution in [3.63, 3.8) is 0 Å². The smallest absolute Gasteiger partial charge is 0.229 e. The van der Waals surface area contributed by atoms with Crippen LogP contribution in [0.4, 0.5) is 23.1 Å². The summed E-state index contributed by atoms with van der Waals surface area (Å²) in [6.07, 6.45) is 3.28. The van der Waals surface area contributed by atoms with Gasteiger partial charge in [-0.3, -0.25) is 0 Å². The molecule has 0 saturated heterocycles. The van der Waals surface area contributed by atoms with Crippen molar-refractivity contribution in [1.82, 2.24) is 14.7 Å². The fraction of sp³-hybridized carbons (Fsp3) is 0.304. The minimum Gasteiger partial charge on any atom is -0.340 e. The third-order valence-corrected chi connectivity index (χ3v) is 6.98. The van der Waals surface area contributed by atoms with Crippen LogP contribution in [0.2, 0.25) is 0 Å². The van der Waals surface area contributed by atoms with Crippen LogP contribution in [0, 0.1) is 20.8 Å². The van der Waals surface area contributed by atoms with Gasteiger partial charge in [0.15, 0.2) is 0 Å². The first-order chi connectivity index (χ1) is 14.8. The third kappa shape index (κ3) is 5.59. The second-order valence-corrected chi connectivity index (χ2v) is 10.2. The van der Waals surface area contributed by atoms with Gasteiger partial charge in [0.25, 0.3) is 0 Å². The van der Waals surface area contributed by atoms with E-state index >= 15 is 0 Å². The molecule has 1 aliphatic carbocycles. The summed E-state index contributed by atoms with van der Waals surface area (Å²) in [6.45, 7) is 6.32. The van der Waals surface area contributed by atoms with Crippen LogP contribution < -0.4 is 15.4 Å². The Morgan fingerprint density at radius 3 is 2.42 bits per heavy atom. The molecule has 0 radical (unpaired) electrons. The predicted molar refractivity (Wildman–Crippen MR) is 124 cm³/mol. The van der Waals surface area contributed by atoms with E-state index in [4.69, 9.17) is 0 Å². The number of anilines is 4. The number of aryl methyl sites for hydroxylation is 3. The molecule has 4 rings (SSSR count). The Bertz CT molecular complexity index is 1190. The Morgan fingerprint density at radius 1 is 0.968 bits per heavy atom. The van der Waals surface area contributed by atoms with Crippen LogP contribution in [-0.4, -0.2) is 23.6 Å². The Kier molecular flexibility index (Phi) is 5.93. The number of rotatable bonds is 8. The van der Waals surface area contributed by atoms with Gasteiger partial charge in [-0.1, -0.05) is 18.2 Å². The standard InChI is InChI=1S/C23H27N5O2S/c1-15-9-16(2)11-20(10-15)27-23-24-13-17(3)22(28-23)26-19-6-4-5-18(12-19)14-25-31(29,30)21-7-8-21/h4-6,9-13,21,25H,7-8,14H2,1-3H3,(H2,24,26,27,28). The lowest BCUT2D eigenvalue weighted by Crippen LogP contribution is -2.26. The van der Waals surface area contributed by atoms with E-state index < -0.39 is 10.0 Å². The molecule has 3 N–H and O–H groups in total. The zero-order valence-electron chi connectivity index (χ0n) is 17.9. The van der Waals surface area contributed by atoms with Crippen LogP contribution in [0.1, 0.15) is 35.1 Å². The molecule has 1 saturated carbocycles. The highest BCUT2D eigenvalue weighted by molar-refractivity contribution is 7.90. The van der Waals surface area contributed by atoms with E-state index in [1.807, 2.05) is 31.2 Å². The van der Waals surface area contributed by atoms with Crippen molar-refractivity contribution in [1.29, 1.82) is 0 Å². The number of aromatic nitrogens is 2. The molecule has 1 aliphatic rings. The van der Waals surface area contributed by atoms with Gasteiger partial charge in [-0.15, -0.1) is 0 Å². The van der Waals surface area contributed by atoms with E-state index in [0.29, 0.717) is 11.8 Å². The van der Waals surface area contributed by atoms with Gasteiger partial charge in [0.2, 0.25) is 16.0 Å². The van der Waals surface area contributed by atoms with Crippen molar-refractivity contribution in [3.05, 3.63) is 70.9 Å². The molecule has 0 spiro atoms. The molecule has 0 bridgehead atoms. The molecule has 1 fully saturated rings. The minimum absolute atomic E-state index is 0.222. The number of nitrogens with one attached hydrogen (secondary N) is 3. The van der Waals surface area contributed by atoms with Gasteiger partial charge in [-0.25, -0.2) is 18.1 Å². The maximum Gasteiger partial charge on any atom is 0.229 e. The number of hydrogen-bond donors (Lipinski definition) is 3. The van der Waals surface area contributed by atoms with Crippen molar-refractivity contribution >= 4 is 33.2 Å². The first-order valence-electron chi connectivity index (χ1n) is 10.3. The first-order valence-corrected chi connectivity index (χ1v) is 11.9. The summed E-state index contributed by atoms with van der Waals surface area (Å²) < 4.78 is 26.8. The zero-order valence-corrected chi connectivity index (χ0v) is 18.8. The lowest BCUT2D eigenvalue weighted by atomic mass is 10.1. The lowest BCUT2D eigenvalue weighted by Gasteiger charge is -2.13. The largest absolute Gasteiger partial charge is 0.340 e. The van der Waals surface area contributed by atoms with Crippen molar-refractivity contribution < 1.29 is 8.42 Å². The van der Waals surface area contributed by atoms with E-state index in [1.54, 1.807) is 6.20 Å². The highest BCUT2D eigenvalue weighted by Crippen LogP contribution is 2.28. The minimum atomic E-state index is -3.20. The Balaban J connectivity index is 1.48. The van der Waals surface area contributed by atoms with Crippen LogP contribution >= 0.6 is 0 Å². The molecule has 0 unspecified atom stereocenters. The summed E-state index contributed by atoms with van der Waals surface area (Å²) >= 11 is 0. The van der Waals surface area contributed by atoms with Gasteiger partial charge in [0, 0.05) is 29.7 Å². The van der Waals surface area contributed by atoms with E-state index in [-0.39, 0.29) is 11.8 Å². The molecule has 1 aromatic heterocycles. The van der Waals surface area contributed by atoms with E-state index in [2.05, 4.69) is 57.4 Å². The van der Waals surface area contributed by atoms with Gasteiger partial charge >= 0.3 is 0 Å². The van der Waals surface area contributed by atoms with Gasteiger partial charge in [-0.2, -0.15) is 4.98 Å². The SMILES string of the molecule is Cc1cc(C)cc(Nc2ncc(C)c(Nc3cccc(CNS(=O)(=O)C4CC4)c3)n2)c1. The van der Waals surface area contributed by atoms with Crippen molar-refractivity contribution in [2.45, 2.75) is 45.4 Å². The van der Waals surface area contributed by atoms with Gasteiger partial charge in [0.1, 0.15) is 5.82 Å². The lowest BCUT2D eigenvalue weighted by molar-refractivity contribution is 0.580. The highest BCUT2D eigenvalue weighted by Gasteiger charge is 2.35. The van der Waals surface area contributed by atoms with E-state index in [1.165, 1.54) is 11.1 Å². The Morgan fingerprint density at radius 2 is 1.71 bits per heavy atom. The van der Waals surface area contributed by atoms with Crippen molar-refractivity contribution in [2.75, 3.05) is 10.6 Å². The zero-order chi connectivity index (χ0) is 22.0. The number of nitrogens with zero attached hydrogens (tertiary/aromatic N) is 2. The number of benzene rings is 2. The second kappa shape index (κ2) is 8.64. The molecule has 3 aromatic rings. The summed E-state index contributed by atoms with van der Waals surface area (Å²) in [5.74, 6) is 1.20. The van der Waals surface area contributed by atoms with Gasteiger partial charge in [0.05, 0.1) is 5.25 Å². The Hall–Kier alpha value is -2.97.